The van der Waals surface area contributed by atoms with Crippen molar-refractivity contribution in [2.45, 2.75) is 12.8 Å². The van der Waals surface area contributed by atoms with E-state index in [9.17, 15) is 8.42 Å². The Balaban J connectivity index is 1.66. The number of hydrogen-bond donors (Lipinski definition) is 1. The molecule has 0 aliphatic carbocycles. The molecule has 1 aliphatic rings. The summed E-state index contributed by atoms with van der Waals surface area (Å²) in [6.45, 7) is 1.67. The zero-order chi connectivity index (χ0) is 12.3. The van der Waals surface area contributed by atoms with Crippen LogP contribution in [0.5, 0.6) is 0 Å². The Kier molecular flexibility index (Phi) is 3.83. The summed E-state index contributed by atoms with van der Waals surface area (Å²) in [7, 11) is -0.807. The monoisotopic (exact) mass is 257 g/mol. The molecule has 1 aliphatic heterocycles. The van der Waals surface area contributed by atoms with E-state index >= 15 is 0 Å². The van der Waals surface area contributed by atoms with Gasteiger partial charge < -0.3 is 5.32 Å². The predicted molar refractivity (Wildman–Crippen MR) is 66.5 cm³/mol. The van der Waals surface area contributed by atoms with E-state index in [-0.39, 0.29) is 0 Å². The second-order valence-corrected chi connectivity index (χ2v) is 6.90. The van der Waals surface area contributed by atoms with Gasteiger partial charge in [-0.3, -0.25) is 4.68 Å². The smallest absolute Gasteiger partial charge is 0.150 e. The minimum atomic E-state index is -2.74. The highest BCUT2D eigenvalue weighted by molar-refractivity contribution is 7.91. The largest absolute Gasteiger partial charge is 0.316 e. The minimum Gasteiger partial charge on any atom is -0.316 e. The third kappa shape index (κ3) is 3.54. The second kappa shape index (κ2) is 5.18. The zero-order valence-corrected chi connectivity index (χ0v) is 10.9. The molecule has 6 heteroatoms. The van der Waals surface area contributed by atoms with Gasteiger partial charge in [0.25, 0.3) is 0 Å². The highest BCUT2D eigenvalue weighted by Crippen LogP contribution is 2.17. The maximum atomic E-state index is 11.3. The van der Waals surface area contributed by atoms with Crippen LogP contribution in [0.15, 0.2) is 12.3 Å². The lowest BCUT2D eigenvalue weighted by atomic mass is 10.1. The van der Waals surface area contributed by atoms with Crippen LogP contribution in [0.2, 0.25) is 0 Å². The van der Waals surface area contributed by atoms with Gasteiger partial charge in [-0.2, -0.15) is 5.10 Å². The van der Waals surface area contributed by atoms with Crippen LogP contribution in [0, 0.1) is 5.92 Å². The topological polar surface area (TPSA) is 64.0 Å². The third-order valence-electron chi connectivity index (χ3n) is 3.24. The molecule has 0 spiro atoms. The van der Waals surface area contributed by atoms with Gasteiger partial charge in [0.1, 0.15) is 0 Å². The fourth-order valence-electron chi connectivity index (χ4n) is 2.20. The Hall–Kier alpha value is -0.880. The van der Waals surface area contributed by atoms with E-state index in [4.69, 9.17) is 0 Å². The molecule has 1 aromatic rings. The SMILES string of the molecule is Cn1nccc1CCNCC1CCS(=O)(=O)C1. The number of sulfone groups is 1. The summed E-state index contributed by atoms with van der Waals surface area (Å²) in [5, 5.41) is 7.43. The number of rotatable bonds is 5. The first-order chi connectivity index (χ1) is 8.07. The Morgan fingerprint density at radius 2 is 2.41 bits per heavy atom. The van der Waals surface area contributed by atoms with Crippen LogP contribution < -0.4 is 5.32 Å². The van der Waals surface area contributed by atoms with Gasteiger partial charge in [-0.15, -0.1) is 0 Å². The summed E-state index contributed by atoms with van der Waals surface area (Å²) in [5.41, 5.74) is 1.19. The van der Waals surface area contributed by atoms with Crippen molar-refractivity contribution >= 4 is 9.84 Å². The molecule has 1 N–H and O–H groups in total. The molecule has 2 heterocycles. The molecule has 0 aromatic carbocycles. The van der Waals surface area contributed by atoms with E-state index in [1.54, 1.807) is 6.20 Å². The van der Waals surface area contributed by atoms with Crippen LogP contribution in [0.1, 0.15) is 12.1 Å². The third-order valence-corrected chi connectivity index (χ3v) is 5.08. The molecule has 5 nitrogen and oxygen atoms in total. The summed E-state index contributed by atoms with van der Waals surface area (Å²) in [5.74, 6) is 1.01. The number of aryl methyl sites for hydroxylation is 1. The van der Waals surface area contributed by atoms with Gasteiger partial charge in [-0.1, -0.05) is 0 Å². The van der Waals surface area contributed by atoms with E-state index in [1.807, 2.05) is 17.8 Å². The Morgan fingerprint density at radius 1 is 1.59 bits per heavy atom. The fourth-order valence-corrected chi connectivity index (χ4v) is 4.06. The molecule has 1 saturated heterocycles. The molecule has 0 saturated carbocycles. The number of aromatic nitrogens is 2. The fraction of sp³-hybridized carbons (Fsp3) is 0.727. The van der Waals surface area contributed by atoms with Crippen molar-refractivity contribution in [2.75, 3.05) is 24.6 Å². The molecule has 0 amide bonds. The van der Waals surface area contributed by atoms with E-state index in [1.165, 1.54) is 5.69 Å². The summed E-state index contributed by atoms with van der Waals surface area (Å²) in [6.07, 6.45) is 3.52. The van der Waals surface area contributed by atoms with Crippen molar-refractivity contribution in [1.29, 1.82) is 0 Å². The lowest BCUT2D eigenvalue weighted by Crippen LogP contribution is -2.26. The normalized spacial score (nSPS) is 23.0. The van der Waals surface area contributed by atoms with Crippen molar-refractivity contribution < 1.29 is 8.42 Å². The number of hydrogen-bond acceptors (Lipinski definition) is 4. The van der Waals surface area contributed by atoms with E-state index in [2.05, 4.69) is 10.4 Å². The molecule has 0 radical (unpaired) electrons. The predicted octanol–water partition coefficient (Wildman–Crippen LogP) is -0.0131. The first kappa shape index (κ1) is 12.6. The number of nitrogens with one attached hydrogen (secondary N) is 1. The van der Waals surface area contributed by atoms with Crippen molar-refractivity contribution in [2.24, 2.45) is 13.0 Å². The summed E-state index contributed by atoms with van der Waals surface area (Å²) in [6, 6.07) is 2.00. The van der Waals surface area contributed by atoms with E-state index < -0.39 is 9.84 Å². The molecule has 1 fully saturated rings. The van der Waals surface area contributed by atoms with Gasteiger partial charge in [-0.25, -0.2) is 8.42 Å². The van der Waals surface area contributed by atoms with Gasteiger partial charge in [0, 0.05) is 31.9 Å². The summed E-state index contributed by atoms with van der Waals surface area (Å²) < 4.78 is 24.4. The Bertz CT molecular complexity index is 467. The first-order valence-electron chi connectivity index (χ1n) is 5.95. The lowest BCUT2D eigenvalue weighted by Gasteiger charge is -2.09. The quantitative estimate of drug-likeness (QED) is 0.753. The maximum Gasteiger partial charge on any atom is 0.150 e. The molecule has 96 valence electrons. The Labute approximate surface area is 102 Å². The highest BCUT2D eigenvalue weighted by Gasteiger charge is 2.27. The molecule has 1 aromatic heterocycles. The van der Waals surface area contributed by atoms with Gasteiger partial charge in [0.15, 0.2) is 9.84 Å². The summed E-state index contributed by atoms with van der Waals surface area (Å²) >= 11 is 0. The average Bonchev–Trinajstić information content (AvgIpc) is 2.80. The van der Waals surface area contributed by atoms with Crippen LogP contribution >= 0.6 is 0 Å². The standard InChI is InChI=1S/C11H19N3O2S/c1-14-11(3-6-13-14)2-5-12-8-10-4-7-17(15,16)9-10/h3,6,10,12H,2,4-5,7-9H2,1H3. The van der Waals surface area contributed by atoms with Gasteiger partial charge in [0.05, 0.1) is 11.5 Å². The average molecular weight is 257 g/mol. The molecule has 1 unspecified atom stereocenters. The number of nitrogens with zero attached hydrogens (tertiary/aromatic N) is 2. The Morgan fingerprint density at radius 3 is 3.00 bits per heavy atom. The first-order valence-corrected chi connectivity index (χ1v) is 7.77. The van der Waals surface area contributed by atoms with Crippen LogP contribution in [0.4, 0.5) is 0 Å². The zero-order valence-electron chi connectivity index (χ0n) is 10.1. The van der Waals surface area contributed by atoms with Crippen LogP contribution in [0.25, 0.3) is 0 Å². The highest BCUT2D eigenvalue weighted by atomic mass is 32.2. The molecule has 0 bridgehead atoms. The van der Waals surface area contributed by atoms with Crippen molar-refractivity contribution in [3.8, 4) is 0 Å². The van der Waals surface area contributed by atoms with Crippen molar-refractivity contribution in [3.05, 3.63) is 18.0 Å². The van der Waals surface area contributed by atoms with Crippen LogP contribution in [-0.2, 0) is 23.3 Å². The summed E-state index contributed by atoms with van der Waals surface area (Å²) in [4.78, 5) is 0. The van der Waals surface area contributed by atoms with Gasteiger partial charge >= 0.3 is 0 Å². The molecule has 2 rings (SSSR count). The van der Waals surface area contributed by atoms with Gasteiger partial charge in [0.2, 0.25) is 0 Å². The minimum absolute atomic E-state index is 0.298. The van der Waals surface area contributed by atoms with Crippen molar-refractivity contribution in [3.63, 3.8) is 0 Å². The van der Waals surface area contributed by atoms with E-state index in [0.29, 0.717) is 17.4 Å². The van der Waals surface area contributed by atoms with Crippen LogP contribution in [-0.4, -0.2) is 42.8 Å². The lowest BCUT2D eigenvalue weighted by molar-refractivity contribution is 0.518. The maximum absolute atomic E-state index is 11.3. The molecule has 1 atom stereocenters. The van der Waals surface area contributed by atoms with Crippen LogP contribution in [0.3, 0.4) is 0 Å². The van der Waals surface area contributed by atoms with E-state index in [0.717, 1.165) is 25.9 Å². The molecular formula is C11H19N3O2S. The second-order valence-electron chi connectivity index (χ2n) is 4.67. The van der Waals surface area contributed by atoms with Crippen molar-refractivity contribution in [1.82, 2.24) is 15.1 Å². The molecular weight excluding hydrogens is 238 g/mol. The molecule has 17 heavy (non-hydrogen) atoms. The van der Waals surface area contributed by atoms with Gasteiger partial charge in [-0.05, 0) is 24.9 Å².